The molecule has 1 fully saturated rings. The highest BCUT2D eigenvalue weighted by Gasteiger charge is 2.38. The summed E-state index contributed by atoms with van der Waals surface area (Å²) in [5.74, 6) is -2.93. The second-order valence-electron chi connectivity index (χ2n) is 6.02. The van der Waals surface area contributed by atoms with Crippen molar-refractivity contribution < 1.29 is 37.3 Å². The molecule has 0 heterocycles. The Balaban J connectivity index is 0.000000445. The molecule has 1 aliphatic carbocycles. The maximum absolute atomic E-state index is 13.2. The number of hydrogen-bond donors (Lipinski definition) is 4. The first-order valence-electron chi connectivity index (χ1n) is 8.04. The minimum atomic E-state index is -5.08. The normalized spacial score (nSPS) is 20.6. The van der Waals surface area contributed by atoms with Crippen LogP contribution in [0.3, 0.4) is 0 Å². The number of aliphatic hydroxyl groups excluding tert-OH is 1. The van der Waals surface area contributed by atoms with Gasteiger partial charge in [0.2, 0.25) is 0 Å². The zero-order valence-electron chi connectivity index (χ0n) is 14.2. The van der Waals surface area contributed by atoms with E-state index in [1.54, 1.807) is 6.07 Å². The Bertz CT molecular complexity index is 619. The molecule has 154 valence electrons. The van der Waals surface area contributed by atoms with Crippen LogP contribution in [0.2, 0.25) is 5.02 Å². The van der Waals surface area contributed by atoms with Gasteiger partial charge in [0.15, 0.2) is 0 Å². The Kier molecular flexibility index (Phi) is 9.23. The number of aliphatic hydroxyl groups is 1. The Hall–Kier alpha value is -1.62. The molecule has 1 unspecified atom stereocenters. The van der Waals surface area contributed by atoms with Crippen LogP contribution in [0, 0.1) is 5.82 Å². The summed E-state index contributed by atoms with van der Waals surface area (Å²) >= 11 is 5.58. The molecule has 0 saturated heterocycles. The van der Waals surface area contributed by atoms with Gasteiger partial charge in [-0.05, 0) is 31.4 Å². The lowest BCUT2D eigenvalue weighted by Crippen LogP contribution is -2.37. The fraction of sp³-hybridized carbons (Fsp3) is 0.562. The zero-order valence-corrected chi connectivity index (χ0v) is 14.9. The van der Waals surface area contributed by atoms with Crippen molar-refractivity contribution in [1.29, 1.82) is 0 Å². The van der Waals surface area contributed by atoms with E-state index in [9.17, 15) is 22.7 Å². The van der Waals surface area contributed by atoms with Crippen LogP contribution < -0.4 is 15.8 Å². The molecule has 27 heavy (non-hydrogen) atoms. The number of alkyl halides is 3. The van der Waals surface area contributed by atoms with Crippen molar-refractivity contribution in [2.45, 2.75) is 43.6 Å². The third-order valence-corrected chi connectivity index (χ3v) is 4.00. The van der Waals surface area contributed by atoms with Gasteiger partial charge in [0, 0.05) is 24.7 Å². The molecule has 6 nitrogen and oxygen atoms in total. The second kappa shape index (κ2) is 10.6. The van der Waals surface area contributed by atoms with Gasteiger partial charge in [-0.1, -0.05) is 11.6 Å². The summed E-state index contributed by atoms with van der Waals surface area (Å²) in [6, 6.07) is 4.84. The highest BCUT2D eigenvalue weighted by atomic mass is 35.5. The minimum Gasteiger partial charge on any atom is -0.491 e. The van der Waals surface area contributed by atoms with Crippen molar-refractivity contribution in [2.75, 3.05) is 13.2 Å². The Morgan fingerprint density at radius 3 is 2.52 bits per heavy atom. The van der Waals surface area contributed by atoms with Crippen LogP contribution >= 0.6 is 11.6 Å². The van der Waals surface area contributed by atoms with E-state index in [0.29, 0.717) is 18.3 Å². The van der Waals surface area contributed by atoms with Gasteiger partial charge in [0.05, 0.1) is 5.02 Å². The Morgan fingerprint density at radius 1 is 1.41 bits per heavy atom. The first kappa shape index (κ1) is 23.4. The van der Waals surface area contributed by atoms with E-state index in [1.807, 2.05) is 0 Å². The molecule has 1 aliphatic rings. The van der Waals surface area contributed by atoms with Crippen molar-refractivity contribution >= 4 is 17.6 Å². The van der Waals surface area contributed by atoms with Gasteiger partial charge in [-0.3, -0.25) is 0 Å². The molecular weight excluding hydrogens is 396 g/mol. The summed E-state index contributed by atoms with van der Waals surface area (Å²) in [5, 5.41) is 20.3. The molecule has 0 radical (unpaired) electrons. The monoisotopic (exact) mass is 416 g/mol. The third kappa shape index (κ3) is 9.23. The van der Waals surface area contributed by atoms with Crippen LogP contribution in [0.25, 0.3) is 0 Å². The first-order valence-corrected chi connectivity index (χ1v) is 8.41. The molecule has 5 N–H and O–H groups in total. The number of benzene rings is 1. The molecule has 0 amide bonds. The molecule has 0 aromatic heterocycles. The number of halogens is 5. The number of carboxylic acids is 1. The number of hydrogen-bond acceptors (Lipinski definition) is 5. The number of nitrogens with two attached hydrogens (primary N) is 1. The molecular formula is C16H21ClF4N2O4. The molecule has 3 atom stereocenters. The van der Waals surface area contributed by atoms with Crippen LogP contribution in [0.15, 0.2) is 18.2 Å². The van der Waals surface area contributed by atoms with Crippen molar-refractivity contribution in [3.05, 3.63) is 29.0 Å². The van der Waals surface area contributed by atoms with Gasteiger partial charge in [0.1, 0.15) is 24.3 Å². The van der Waals surface area contributed by atoms with Gasteiger partial charge in [0.25, 0.3) is 0 Å². The van der Waals surface area contributed by atoms with Crippen LogP contribution in [0.1, 0.15) is 19.3 Å². The summed E-state index contributed by atoms with van der Waals surface area (Å²) in [7, 11) is 0. The van der Waals surface area contributed by atoms with Crippen LogP contribution in [0.4, 0.5) is 17.6 Å². The van der Waals surface area contributed by atoms with Gasteiger partial charge < -0.3 is 26.0 Å². The Morgan fingerprint density at radius 2 is 2.04 bits per heavy atom. The van der Waals surface area contributed by atoms with E-state index in [-0.39, 0.29) is 17.7 Å². The van der Waals surface area contributed by atoms with Gasteiger partial charge in [-0.15, -0.1) is 0 Å². The average molecular weight is 417 g/mol. The number of ether oxygens (including phenoxy) is 1. The van der Waals surface area contributed by atoms with E-state index in [4.69, 9.17) is 32.0 Å². The lowest BCUT2D eigenvalue weighted by molar-refractivity contribution is -0.192. The van der Waals surface area contributed by atoms with E-state index in [1.165, 1.54) is 12.1 Å². The predicted molar refractivity (Wildman–Crippen MR) is 90.2 cm³/mol. The highest BCUT2D eigenvalue weighted by Crippen LogP contribution is 2.20. The smallest absolute Gasteiger partial charge is 0.490 e. The molecule has 1 aromatic rings. The molecule has 0 bridgehead atoms. The minimum absolute atomic E-state index is 0.0529. The lowest BCUT2D eigenvalue weighted by Gasteiger charge is -2.17. The van der Waals surface area contributed by atoms with Gasteiger partial charge >= 0.3 is 12.1 Å². The van der Waals surface area contributed by atoms with E-state index < -0.39 is 24.1 Å². The number of rotatable bonds is 6. The quantitative estimate of drug-likeness (QED) is 0.530. The van der Waals surface area contributed by atoms with Gasteiger partial charge in [-0.25, -0.2) is 9.18 Å². The van der Waals surface area contributed by atoms with E-state index >= 15 is 0 Å². The fourth-order valence-corrected chi connectivity index (χ4v) is 2.44. The van der Waals surface area contributed by atoms with Crippen molar-refractivity contribution in [3.63, 3.8) is 0 Å². The number of nitrogens with one attached hydrogen (secondary N) is 1. The molecule has 0 aliphatic heterocycles. The summed E-state index contributed by atoms with van der Waals surface area (Å²) in [6.45, 7) is 0.542. The van der Waals surface area contributed by atoms with Crippen molar-refractivity contribution in [3.8, 4) is 5.75 Å². The largest absolute Gasteiger partial charge is 0.491 e. The summed E-state index contributed by atoms with van der Waals surface area (Å²) in [4.78, 5) is 8.90. The molecule has 2 rings (SSSR count). The van der Waals surface area contributed by atoms with E-state index in [0.717, 1.165) is 19.3 Å². The summed E-state index contributed by atoms with van der Waals surface area (Å²) in [6.07, 6.45) is -2.73. The number of aliphatic carboxylic acids is 1. The van der Waals surface area contributed by atoms with E-state index in [2.05, 4.69) is 5.32 Å². The van der Waals surface area contributed by atoms with Gasteiger partial charge in [-0.2, -0.15) is 13.2 Å². The molecule has 1 saturated carbocycles. The zero-order chi connectivity index (χ0) is 20.6. The predicted octanol–water partition coefficient (Wildman–Crippen LogP) is 2.32. The van der Waals surface area contributed by atoms with Crippen LogP contribution in [-0.2, 0) is 4.79 Å². The van der Waals surface area contributed by atoms with Crippen LogP contribution in [0.5, 0.6) is 5.75 Å². The fourth-order valence-electron chi connectivity index (χ4n) is 2.32. The highest BCUT2D eigenvalue weighted by molar-refractivity contribution is 6.30. The molecule has 11 heteroatoms. The SMILES string of the molecule is NC1CC[C@H](NC[C@H](O)COc2ccc(Cl)c(F)c2)C1.O=C(O)C(F)(F)F. The lowest BCUT2D eigenvalue weighted by atomic mass is 10.2. The third-order valence-electron chi connectivity index (χ3n) is 3.69. The topological polar surface area (TPSA) is 105 Å². The summed E-state index contributed by atoms with van der Waals surface area (Å²) < 4.78 is 50.3. The van der Waals surface area contributed by atoms with Crippen molar-refractivity contribution in [1.82, 2.24) is 5.32 Å². The van der Waals surface area contributed by atoms with Crippen LogP contribution in [-0.4, -0.2) is 53.7 Å². The number of carbonyl (C=O) groups is 1. The average Bonchev–Trinajstić information content (AvgIpc) is 2.99. The first-order chi connectivity index (χ1) is 12.5. The standard InChI is InChI=1S/C14H20ClFN2O2.C2HF3O2/c15-13-4-3-12(6-14(13)16)20-8-11(19)7-18-10-2-1-9(17)5-10;3-2(4,5)1(6)7/h3-4,6,9-11,18-19H,1-2,5,7-8,17H2;(H,6,7)/t9?,10-,11-;/m0./s1. The second-order valence-corrected chi connectivity index (χ2v) is 6.43. The summed E-state index contributed by atoms with van der Waals surface area (Å²) in [5.41, 5.74) is 5.82. The van der Waals surface area contributed by atoms with Crippen molar-refractivity contribution in [2.24, 2.45) is 5.73 Å². The molecule has 1 aromatic carbocycles. The Labute approximate surface area is 158 Å². The molecule has 0 spiro atoms. The maximum atomic E-state index is 13.2. The maximum Gasteiger partial charge on any atom is 0.490 e. The number of carboxylic acid groups (broad SMARTS) is 1.